The van der Waals surface area contributed by atoms with Crippen molar-refractivity contribution in [1.29, 1.82) is 0 Å². The Balaban J connectivity index is 1.59. The summed E-state index contributed by atoms with van der Waals surface area (Å²) in [5.41, 5.74) is 3.57. The van der Waals surface area contributed by atoms with Crippen molar-refractivity contribution in [3.05, 3.63) is 60.2 Å². The molecule has 0 unspecified atom stereocenters. The second-order valence-corrected chi connectivity index (χ2v) is 9.87. The second kappa shape index (κ2) is 10.7. The monoisotopic (exact) mass is 492 g/mol. The van der Waals surface area contributed by atoms with E-state index in [4.69, 9.17) is 9.47 Å². The zero-order valence-corrected chi connectivity index (χ0v) is 21.8. The number of hydrogen-bond acceptors (Lipinski definition) is 6. The van der Waals surface area contributed by atoms with Crippen molar-refractivity contribution in [3.8, 4) is 17.1 Å². The van der Waals surface area contributed by atoms with Gasteiger partial charge in [0.2, 0.25) is 5.91 Å². The number of fused-ring (bicyclic) bond motifs is 1. The summed E-state index contributed by atoms with van der Waals surface area (Å²) in [5, 5.41) is 9.53. The first-order chi connectivity index (χ1) is 16.9. The molecule has 0 saturated heterocycles. The van der Waals surface area contributed by atoms with E-state index in [1.54, 1.807) is 7.11 Å². The predicted octanol–water partition coefficient (Wildman–Crippen LogP) is 5.31. The number of rotatable bonds is 9. The number of allylic oxidation sites excluding steroid dienone is 1. The minimum atomic E-state index is -0.458. The maximum atomic E-state index is 13.6. The lowest BCUT2D eigenvalue weighted by molar-refractivity contribution is -0.116. The number of benzene rings is 2. The third kappa shape index (κ3) is 5.28. The van der Waals surface area contributed by atoms with Gasteiger partial charge in [0.05, 0.1) is 36.7 Å². The minimum absolute atomic E-state index is 0.0108. The van der Waals surface area contributed by atoms with Crippen molar-refractivity contribution in [2.45, 2.75) is 44.9 Å². The summed E-state index contributed by atoms with van der Waals surface area (Å²) >= 11 is 1.40. The predicted molar refractivity (Wildman–Crippen MR) is 141 cm³/mol. The van der Waals surface area contributed by atoms with Crippen LogP contribution in [-0.2, 0) is 16.1 Å². The van der Waals surface area contributed by atoms with E-state index in [9.17, 15) is 4.79 Å². The van der Waals surface area contributed by atoms with Crippen molar-refractivity contribution in [2.75, 3.05) is 31.0 Å². The number of amides is 1. The Morgan fingerprint density at radius 1 is 1.11 bits per heavy atom. The average molecular weight is 493 g/mol. The van der Waals surface area contributed by atoms with Crippen LogP contribution in [-0.4, -0.2) is 52.3 Å². The fraction of sp³-hybridized carbons (Fsp3) is 0.370. The quantitative estimate of drug-likeness (QED) is 0.377. The molecule has 1 aliphatic heterocycles. The van der Waals surface area contributed by atoms with E-state index in [0.717, 1.165) is 34.0 Å². The highest BCUT2D eigenvalue weighted by Crippen LogP contribution is 2.41. The Morgan fingerprint density at radius 3 is 2.60 bits per heavy atom. The first-order valence-electron chi connectivity index (χ1n) is 11.8. The standard InChI is InChI=1S/C27H32N4O3S/c1-6-34-21-12-13-23-22(16-21)19(2)17-27(3,4)31(23)24(32)18-35-26-29-28-25(30(26)14-15-33-5)20-10-8-7-9-11-20/h7-13,16-17H,6,14-15,18H2,1-5H3. The summed E-state index contributed by atoms with van der Waals surface area (Å²) in [6.07, 6.45) is 2.14. The molecular formula is C27H32N4O3S. The van der Waals surface area contributed by atoms with E-state index >= 15 is 0 Å². The van der Waals surface area contributed by atoms with Crippen LogP contribution in [0.15, 0.2) is 59.8 Å². The molecule has 184 valence electrons. The number of carbonyl (C=O) groups excluding carboxylic acids is 1. The Labute approximate surface area is 211 Å². The molecule has 0 N–H and O–H groups in total. The lowest BCUT2D eigenvalue weighted by atomic mass is 9.88. The topological polar surface area (TPSA) is 69.5 Å². The summed E-state index contributed by atoms with van der Waals surface area (Å²) in [6, 6.07) is 15.9. The van der Waals surface area contributed by atoms with Crippen LogP contribution in [0, 0.1) is 0 Å². The number of carbonyl (C=O) groups is 1. The van der Waals surface area contributed by atoms with Crippen LogP contribution in [0.25, 0.3) is 17.0 Å². The summed E-state index contributed by atoms with van der Waals surface area (Å²) in [5.74, 6) is 1.82. The van der Waals surface area contributed by atoms with Crippen LogP contribution in [0.4, 0.5) is 5.69 Å². The smallest absolute Gasteiger partial charge is 0.238 e. The first-order valence-corrected chi connectivity index (χ1v) is 12.7. The van der Waals surface area contributed by atoms with Gasteiger partial charge in [-0.05, 0) is 51.5 Å². The first kappa shape index (κ1) is 25.0. The molecular weight excluding hydrogens is 460 g/mol. The summed E-state index contributed by atoms with van der Waals surface area (Å²) in [4.78, 5) is 15.5. The van der Waals surface area contributed by atoms with Gasteiger partial charge in [0.15, 0.2) is 11.0 Å². The van der Waals surface area contributed by atoms with E-state index in [2.05, 4.69) is 37.0 Å². The molecule has 7 nitrogen and oxygen atoms in total. The molecule has 0 fully saturated rings. The summed E-state index contributed by atoms with van der Waals surface area (Å²) < 4.78 is 13.0. The zero-order chi connectivity index (χ0) is 25.0. The normalized spacial score (nSPS) is 14.4. The van der Waals surface area contributed by atoms with Gasteiger partial charge in [-0.15, -0.1) is 10.2 Å². The van der Waals surface area contributed by atoms with E-state index in [-0.39, 0.29) is 11.7 Å². The van der Waals surface area contributed by atoms with E-state index in [1.807, 2.05) is 64.9 Å². The summed E-state index contributed by atoms with van der Waals surface area (Å²) in [6.45, 7) is 9.90. The van der Waals surface area contributed by atoms with Gasteiger partial charge >= 0.3 is 0 Å². The van der Waals surface area contributed by atoms with Gasteiger partial charge in [0, 0.05) is 18.2 Å². The molecule has 3 aromatic rings. The Hall–Kier alpha value is -3.10. The molecule has 0 saturated carbocycles. The van der Waals surface area contributed by atoms with Crippen LogP contribution in [0.2, 0.25) is 0 Å². The zero-order valence-electron chi connectivity index (χ0n) is 20.9. The number of aromatic nitrogens is 3. The lowest BCUT2D eigenvalue weighted by Gasteiger charge is -2.41. The van der Waals surface area contributed by atoms with Crippen LogP contribution in [0.5, 0.6) is 5.75 Å². The molecule has 0 bridgehead atoms. The highest BCUT2D eigenvalue weighted by molar-refractivity contribution is 7.99. The molecule has 0 radical (unpaired) electrons. The van der Waals surface area contributed by atoms with Gasteiger partial charge in [0.25, 0.3) is 0 Å². The fourth-order valence-corrected chi connectivity index (χ4v) is 5.31. The molecule has 0 spiro atoms. The number of hydrogen-bond donors (Lipinski definition) is 0. The number of ether oxygens (including phenoxy) is 2. The fourth-order valence-electron chi connectivity index (χ4n) is 4.49. The Bertz CT molecular complexity index is 1220. The SMILES string of the molecule is CCOc1ccc2c(c1)C(C)=CC(C)(C)N2C(=O)CSc1nnc(-c2ccccc2)n1CCOC. The third-order valence-electron chi connectivity index (χ3n) is 5.93. The maximum Gasteiger partial charge on any atom is 0.238 e. The van der Waals surface area contributed by atoms with Crippen molar-refractivity contribution in [3.63, 3.8) is 0 Å². The van der Waals surface area contributed by atoms with Gasteiger partial charge < -0.3 is 14.4 Å². The lowest BCUT2D eigenvalue weighted by Crippen LogP contribution is -2.49. The number of thioether (sulfide) groups is 1. The summed E-state index contributed by atoms with van der Waals surface area (Å²) in [7, 11) is 1.67. The number of nitrogens with zero attached hydrogens (tertiary/aromatic N) is 4. The van der Waals surface area contributed by atoms with Gasteiger partial charge in [0.1, 0.15) is 5.75 Å². The molecule has 2 aromatic carbocycles. The van der Waals surface area contributed by atoms with Gasteiger partial charge in [-0.1, -0.05) is 48.2 Å². The van der Waals surface area contributed by atoms with Crippen molar-refractivity contribution >= 4 is 28.9 Å². The molecule has 4 rings (SSSR count). The van der Waals surface area contributed by atoms with E-state index in [0.29, 0.717) is 24.9 Å². The Morgan fingerprint density at radius 2 is 1.89 bits per heavy atom. The van der Waals surface area contributed by atoms with Crippen molar-refractivity contribution < 1.29 is 14.3 Å². The maximum absolute atomic E-state index is 13.6. The highest BCUT2D eigenvalue weighted by Gasteiger charge is 2.36. The molecule has 35 heavy (non-hydrogen) atoms. The molecule has 1 amide bonds. The Kier molecular flexibility index (Phi) is 7.62. The molecule has 1 aromatic heterocycles. The van der Waals surface area contributed by atoms with E-state index in [1.165, 1.54) is 11.8 Å². The molecule has 1 aliphatic rings. The molecule has 8 heteroatoms. The molecule has 0 atom stereocenters. The molecule has 0 aliphatic carbocycles. The van der Waals surface area contributed by atoms with Crippen molar-refractivity contribution in [1.82, 2.24) is 14.8 Å². The highest BCUT2D eigenvalue weighted by atomic mass is 32.2. The number of anilines is 1. The van der Waals surface area contributed by atoms with Crippen LogP contribution < -0.4 is 9.64 Å². The van der Waals surface area contributed by atoms with Crippen LogP contribution in [0.1, 0.15) is 33.3 Å². The number of methoxy groups -OCH3 is 1. The largest absolute Gasteiger partial charge is 0.494 e. The van der Waals surface area contributed by atoms with Gasteiger partial charge in [-0.3, -0.25) is 9.36 Å². The van der Waals surface area contributed by atoms with Crippen molar-refractivity contribution in [2.24, 2.45) is 0 Å². The third-order valence-corrected chi connectivity index (χ3v) is 6.88. The van der Waals surface area contributed by atoms with Crippen LogP contribution >= 0.6 is 11.8 Å². The van der Waals surface area contributed by atoms with Gasteiger partial charge in [-0.25, -0.2) is 0 Å². The second-order valence-electron chi connectivity index (χ2n) is 8.93. The molecule has 2 heterocycles. The minimum Gasteiger partial charge on any atom is -0.494 e. The van der Waals surface area contributed by atoms with E-state index < -0.39 is 5.54 Å². The van der Waals surface area contributed by atoms with Gasteiger partial charge in [-0.2, -0.15) is 0 Å². The van der Waals surface area contributed by atoms with Crippen LogP contribution in [0.3, 0.4) is 0 Å². The average Bonchev–Trinajstić information content (AvgIpc) is 3.24.